The summed E-state index contributed by atoms with van der Waals surface area (Å²) in [4.78, 5) is 13.9. The van der Waals surface area contributed by atoms with Crippen molar-refractivity contribution in [2.75, 3.05) is 7.11 Å². The molecule has 0 aliphatic heterocycles. The lowest BCUT2D eigenvalue weighted by Crippen LogP contribution is -1.91. The van der Waals surface area contributed by atoms with Crippen LogP contribution >= 0.6 is 0 Å². The van der Waals surface area contributed by atoms with Gasteiger partial charge in [-0.3, -0.25) is 9.78 Å². The van der Waals surface area contributed by atoms with Gasteiger partial charge in [-0.2, -0.15) is 0 Å². The second kappa shape index (κ2) is 3.01. The summed E-state index contributed by atoms with van der Waals surface area (Å²) in [5, 5.41) is 9.08. The van der Waals surface area contributed by atoms with Gasteiger partial charge in [-0.1, -0.05) is 0 Å². The van der Waals surface area contributed by atoms with E-state index in [2.05, 4.69) is 4.98 Å². The van der Waals surface area contributed by atoms with E-state index in [9.17, 15) is 4.79 Å². The zero-order valence-corrected chi connectivity index (χ0v) is 5.94. The molecule has 0 fully saturated rings. The van der Waals surface area contributed by atoms with Gasteiger partial charge in [0.15, 0.2) is 17.8 Å². The fourth-order valence-corrected chi connectivity index (χ4v) is 0.760. The van der Waals surface area contributed by atoms with Crippen molar-refractivity contribution >= 4 is 6.29 Å². The molecule has 0 radical (unpaired) electrons. The number of aldehydes is 1. The van der Waals surface area contributed by atoms with Crippen LogP contribution < -0.4 is 4.74 Å². The monoisotopic (exact) mass is 153 g/mol. The lowest BCUT2D eigenvalue weighted by molar-refractivity contribution is 0.111. The van der Waals surface area contributed by atoms with Crippen LogP contribution in [0.2, 0.25) is 0 Å². The number of rotatable bonds is 2. The van der Waals surface area contributed by atoms with Gasteiger partial charge in [-0.05, 0) is 0 Å². The maximum absolute atomic E-state index is 10.3. The van der Waals surface area contributed by atoms with E-state index in [0.717, 1.165) is 0 Å². The number of aromatic nitrogens is 1. The molecule has 0 aliphatic rings. The highest BCUT2D eigenvalue weighted by atomic mass is 16.5. The second-order valence-corrected chi connectivity index (χ2v) is 1.90. The van der Waals surface area contributed by atoms with Gasteiger partial charge >= 0.3 is 0 Å². The Bertz CT molecular complexity index is 272. The lowest BCUT2D eigenvalue weighted by Gasteiger charge is -2.03. The third-order valence-corrected chi connectivity index (χ3v) is 1.24. The van der Waals surface area contributed by atoms with E-state index in [1.165, 1.54) is 19.5 Å². The van der Waals surface area contributed by atoms with Crippen molar-refractivity contribution in [2.24, 2.45) is 0 Å². The van der Waals surface area contributed by atoms with Crippen molar-refractivity contribution in [1.29, 1.82) is 0 Å². The molecule has 1 aromatic rings. The number of pyridine rings is 1. The Morgan fingerprint density at radius 2 is 2.36 bits per heavy atom. The molecule has 0 unspecified atom stereocenters. The first-order valence-corrected chi connectivity index (χ1v) is 2.95. The Kier molecular flexibility index (Phi) is 2.06. The summed E-state index contributed by atoms with van der Waals surface area (Å²) < 4.78 is 4.75. The zero-order valence-electron chi connectivity index (χ0n) is 5.94. The van der Waals surface area contributed by atoms with Crippen LogP contribution in [0.1, 0.15) is 10.4 Å². The fourth-order valence-electron chi connectivity index (χ4n) is 0.760. The molecule has 4 heteroatoms. The molecule has 1 rings (SSSR count). The minimum Gasteiger partial charge on any atom is -0.503 e. The number of aromatic hydroxyl groups is 1. The smallest absolute Gasteiger partial charge is 0.177 e. The van der Waals surface area contributed by atoms with Gasteiger partial charge in [-0.25, -0.2) is 0 Å². The Morgan fingerprint density at radius 1 is 1.64 bits per heavy atom. The van der Waals surface area contributed by atoms with Crippen molar-refractivity contribution in [3.63, 3.8) is 0 Å². The van der Waals surface area contributed by atoms with Gasteiger partial charge in [0, 0.05) is 6.20 Å². The SMILES string of the molecule is COc1c(O)cncc1C=O. The summed E-state index contributed by atoms with van der Waals surface area (Å²) in [6.45, 7) is 0. The van der Waals surface area contributed by atoms with Crippen LogP contribution in [0.4, 0.5) is 0 Å². The zero-order chi connectivity index (χ0) is 8.27. The Morgan fingerprint density at radius 3 is 2.82 bits per heavy atom. The fraction of sp³-hybridized carbons (Fsp3) is 0.143. The Labute approximate surface area is 63.5 Å². The average molecular weight is 153 g/mol. The molecule has 1 heterocycles. The molecule has 0 spiro atoms. The largest absolute Gasteiger partial charge is 0.503 e. The maximum atomic E-state index is 10.3. The first-order valence-electron chi connectivity index (χ1n) is 2.95. The molecule has 0 atom stereocenters. The number of carbonyl (C=O) groups excluding carboxylic acids is 1. The van der Waals surface area contributed by atoms with Crippen LogP contribution in [0.5, 0.6) is 11.5 Å². The third kappa shape index (κ3) is 1.29. The second-order valence-electron chi connectivity index (χ2n) is 1.90. The van der Waals surface area contributed by atoms with Gasteiger partial charge in [0.1, 0.15) is 0 Å². The predicted octanol–water partition coefficient (Wildman–Crippen LogP) is 0.608. The molecular weight excluding hydrogens is 146 g/mol. The number of hydrogen-bond acceptors (Lipinski definition) is 4. The van der Waals surface area contributed by atoms with Crippen molar-refractivity contribution in [3.8, 4) is 11.5 Å². The summed E-state index contributed by atoms with van der Waals surface area (Å²) in [6.07, 6.45) is 3.11. The topological polar surface area (TPSA) is 59.4 Å². The van der Waals surface area contributed by atoms with E-state index in [-0.39, 0.29) is 17.1 Å². The highest BCUT2D eigenvalue weighted by molar-refractivity contribution is 5.80. The molecule has 1 aromatic heterocycles. The lowest BCUT2D eigenvalue weighted by atomic mass is 10.3. The van der Waals surface area contributed by atoms with Gasteiger partial charge in [0.2, 0.25) is 0 Å². The average Bonchev–Trinajstić information content (AvgIpc) is 2.04. The van der Waals surface area contributed by atoms with Crippen LogP contribution in [-0.4, -0.2) is 23.5 Å². The number of methoxy groups -OCH3 is 1. The minimum absolute atomic E-state index is 0.128. The first-order chi connectivity index (χ1) is 5.29. The molecule has 0 saturated heterocycles. The van der Waals surface area contributed by atoms with E-state index >= 15 is 0 Å². The number of hydrogen-bond donors (Lipinski definition) is 1. The summed E-state index contributed by atoms with van der Waals surface area (Å²) >= 11 is 0. The van der Waals surface area contributed by atoms with E-state index in [4.69, 9.17) is 9.84 Å². The normalized spacial score (nSPS) is 9.18. The Hall–Kier alpha value is -1.58. The predicted molar refractivity (Wildman–Crippen MR) is 37.8 cm³/mol. The Balaban J connectivity index is 3.23. The molecule has 0 aliphatic carbocycles. The third-order valence-electron chi connectivity index (χ3n) is 1.24. The molecule has 0 amide bonds. The van der Waals surface area contributed by atoms with Crippen molar-refractivity contribution in [2.45, 2.75) is 0 Å². The molecule has 4 nitrogen and oxygen atoms in total. The van der Waals surface area contributed by atoms with Crippen molar-refractivity contribution < 1.29 is 14.6 Å². The molecule has 0 aromatic carbocycles. The van der Waals surface area contributed by atoms with Crippen molar-refractivity contribution in [1.82, 2.24) is 4.98 Å². The number of ether oxygens (including phenoxy) is 1. The number of carbonyl (C=O) groups is 1. The molecule has 58 valence electrons. The van der Waals surface area contributed by atoms with Gasteiger partial charge < -0.3 is 9.84 Å². The van der Waals surface area contributed by atoms with Crippen LogP contribution in [0.25, 0.3) is 0 Å². The summed E-state index contributed by atoms with van der Waals surface area (Å²) in [5.74, 6) is 0.0344. The molecule has 11 heavy (non-hydrogen) atoms. The van der Waals surface area contributed by atoms with Crippen LogP contribution in [0.15, 0.2) is 12.4 Å². The first kappa shape index (κ1) is 7.53. The van der Waals surface area contributed by atoms with E-state index in [1.54, 1.807) is 0 Å². The van der Waals surface area contributed by atoms with E-state index in [0.29, 0.717) is 6.29 Å². The van der Waals surface area contributed by atoms with Gasteiger partial charge in [0.05, 0.1) is 18.9 Å². The molecule has 1 N–H and O–H groups in total. The standard InChI is InChI=1S/C7H7NO3/c1-11-7-5(4-9)2-8-3-6(7)10/h2-4,10H,1H3. The molecule has 0 saturated carbocycles. The summed E-state index contributed by atoms with van der Waals surface area (Å²) in [5.41, 5.74) is 0.243. The van der Waals surface area contributed by atoms with Gasteiger partial charge in [0.25, 0.3) is 0 Å². The van der Waals surface area contributed by atoms with Crippen LogP contribution in [0, 0.1) is 0 Å². The minimum atomic E-state index is -0.128. The highest BCUT2D eigenvalue weighted by Crippen LogP contribution is 2.26. The summed E-state index contributed by atoms with van der Waals surface area (Å²) in [7, 11) is 1.38. The highest BCUT2D eigenvalue weighted by Gasteiger charge is 2.06. The maximum Gasteiger partial charge on any atom is 0.177 e. The van der Waals surface area contributed by atoms with E-state index < -0.39 is 0 Å². The summed E-state index contributed by atoms with van der Waals surface area (Å²) in [6, 6.07) is 0. The van der Waals surface area contributed by atoms with Crippen LogP contribution in [0.3, 0.4) is 0 Å². The van der Waals surface area contributed by atoms with Crippen LogP contribution in [-0.2, 0) is 0 Å². The quantitative estimate of drug-likeness (QED) is 0.632. The molecular formula is C7H7NO3. The van der Waals surface area contributed by atoms with E-state index in [1.807, 2.05) is 0 Å². The molecule has 0 bridgehead atoms. The van der Waals surface area contributed by atoms with Crippen molar-refractivity contribution in [3.05, 3.63) is 18.0 Å². The number of nitrogens with zero attached hydrogens (tertiary/aromatic N) is 1. The van der Waals surface area contributed by atoms with Gasteiger partial charge in [-0.15, -0.1) is 0 Å².